The number of halogens is 1. The van der Waals surface area contributed by atoms with Crippen LogP contribution in [0.2, 0.25) is 0 Å². The number of nitrogens with two attached hydrogens (primary N) is 1. The Balaban J connectivity index is 2.28. The molecular formula is C16H24BrNO. The average molecular weight is 326 g/mol. The fraction of sp³-hybridized carbons (Fsp3) is 0.625. The van der Waals surface area contributed by atoms with Crippen LogP contribution in [-0.4, -0.2) is 11.7 Å². The molecule has 0 aliphatic heterocycles. The zero-order valence-electron chi connectivity index (χ0n) is 11.7. The van der Waals surface area contributed by atoms with Crippen molar-refractivity contribution in [1.82, 2.24) is 0 Å². The Kier molecular flexibility index (Phi) is 5.04. The second-order valence-corrected chi connectivity index (χ2v) is 6.75. The van der Waals surface area contributed by atoms with E-state index in [1.54, 1.807) is 0 Å². The van der Waals surface area contributed by atoms with Crippen LogP contribution in [0.5, 0.6) is 0 Å². The van der Waals surface area contributed by atoms with Gasteiger partial charge in [-0.1, -0.05) is 53.7 Å². The van der Waals surface area contributed by atoms with Crippen LogP contribution in [0.15, 0.2) is 22.7 Å². The summed E-state index contributed by atoms with van der Waals surface area (Å²) in [4.78, 5) is 0. The summed E-state index contributed by atoms with van der Waals surface area (Å²) in [7, 11) is 0. The van der Waals surface area contributed by atoms with Crippen LogP contribution in [0.25, 0.3) is 0 Å². The van der Waals surface area contributed by atoms with Crippen LogP contribution in [0.1, 0.15) is 55.8 Å². The Morgan fingerprint density at radius 2 is 1.89 bits per heavy atom. The minimum Gasteiger partial charge on any atom is -0.388 e. The first kappa shape index (κ1) is 15.0. The highest BCUT2D eigenvalue weighted by Crippen LogP contribution is 2.44. The first-order valence-corrected chi connectivity index (χ1v) is 8.02. The third-order valence-electron chi connectivity index (χ3n) is 4.60. The number of benzene rings is 1. The smallest absolute Gasteiger partial charge is 0.0858 e. The minimum absolute atomic E-state index is 0.134. The van der Waals surface area contributed by atoms with Gasteiger partial charge in [0.25, 0.3) is 0 Å². The molecule has 3 heteroatoms. The van der Waals surface area contributed by atoms with Crippen LogP contribution in [0, 0.1) is 12.3 Å². The first-order valence-electron chi connectivity index (χ1n) is 7.23. The molecule has 1 saturated carbocycles. The van der Waals surface area contributed by atoms with Gasteiger partial charge in [0.1, 0.15) is 0 Å². The van der Waals surface area contributed by atoms with Gasteiger partial charge in [0.2, 0.25) is 0 Å². The monoisotopic (exact) mass is 325 g/mol. The standard InChI is InChI=1S/C16H24BrNO/c1-12-6-7-13(10-14(12)17)15(19)16(11-18)8-4-2-3-5-9-16/h6-7,10,15,19H,2-5,8-9,11,18H2,1H3. The third kappa shape index (κ3) is 3.21. The zero-order valence-corrected chi connectivity index (χ0v) is 13.2. The maximum atomic E-state index is 10.8. The van der Waals surface area contributed by atoms with Crippen LogP contribution in [-0.2, 0) is 0 Å². The van der Waals surface area contributed by atoms with Gasteiger partial charge in [-0.25, -0.2) is 0 Å². The van der Waals surface area contributed by atoms with Crippen molar-refractivity contribution in [1.29, 1.82) is 0 Å². The first-order chi connectivity index (χ1) is 9.09. The Morgan fingerprint density at radius 3 is 2.42 bits per heavy atom. The summed E-state index contributed by atoms with van der Waals surface area (Å²) in [6.07, 6.45) is 6.53. The van der Waals surface area contributed by atoms with Gasteiger partial charge in [0, 0.05) is 16.4 Å². The molecule has 0 saturated heterocycles. The fourth-order valence-electron chi connectivity index (χ4n) is 3.15. The maximum absolute atomic E-state index is 10.8. The number of hydrogen-bond acceptors (Lipinski definition) is 2. The van der Waals surface area contributed by atoms with Gasteiger partial charge in [-0.2, -0.15) is 0 Å². The highest BCUT2D eigenvalue weighted by atomic mass is 79.9. The van der Waals surface area contributed by atoms with Gasteiger partial charge in [0.15, 0.2) is 0 Å². The number of aryl methyl sites for hydroxylation is 1. The summed E-state index contributed by atoms with van der Waals surface area (Å²) < 4.78 is 1.06. The number of rotatable bonds is 3. The van der Waals surface area contributed by atoms with E-state index in [0.29, 0.717) is 6.54 Å². The minimum atomic E-state index is -0.451. The van der Waals surface area contributed by atoms with Crippen molar-refractivity contribution in [2.24, 2.45) is 11.1 Å². The summed E-state index contributed by atoms with van der Waals surface area (Å²) in [5.74, 6) is 0. The van der Waals surface area contributed by atoms with Gasteiger partial charge >= 0.3 is 0 Å². The number of aliphatic hydroxyl groups is 1. The Hall–Kier alpha value is -0.380. The Bertz CT molecular complexity index is 425. The lowest BCUT2D eigenvalue weighted by atomic mass is 9.73. The van der Waals surface area contributed by atoms with Crippen molar-refractivity contribution in [3.05, 3.63) is 33.8 Å². The topological polar surface area (TPSA) is 46.2 Å². The summed E-state index contributed by atoms with van der Waals surface area (Å²) in [6.45, 7) is 2.63. The molecule has 0 aromatic heterocycles. The van der Waals surface area contributed by atoms with Crippen LogP contribution in [0.3, 0.4) is 0 Å². The molecule has 2 nitrogen and oxygen atoms in total. The second-order valence-electron chi connectivity index (χ2n) is 5.89. The van der Waals surface area contributed by atoms with Crippen molar-refractivity contribution in [2.45, 2.75) is 51.6 Å². The molecule has 0 amide bonds. The van der Waals surface area contributed by atoms with Crippen molar-refractivity contribution < 1.29 is 5.11 Å². The van der Waals surface area contributed by atoms with Gasteiger partial charge in [-0.15, -0.1) is 0 Å². The summed E-state index contributed by atoms with van der Waals surface area (Å²) >= 11 is 3.55. The van der Waals surface area contributed by atoms with E-state index >= 15 is 0 Å². The maximum Gasteiger partial charge on any atom is 0.0858 e. The van der Waals surface area contributed by atoms with Crippen LogP contribution < -0.4 is 5.73 Å². The molecule has 0 radical (unpaired) electrons. The van der Waals surface area contributed by atoms with Gasteiger partial charge in [-0.05, 0) is 37.0 Å². The normalized spacial score (nSPS) is 20.8. The van der Waals surface area contributed by atoms with E-state index in [2.05, 4.69) is 28.9 Å². The average Bonchev–Trinajstić information content (AvgIpc) is 2.67. The molecule has 0 spiro atoms. The number of hydrogen-bond donors (Lipinski definition) is 2. The molecule has 1 aromatic carbocycles. The van der Waals surface area contributed by atoms with E-state index in [-0.39, 0.29) is 5.41 Å². The quantitative estimate of drug-likeness (QED) is 0.822. The van der Waals surface area contributed by atoms with Gasteiger partial charge < -0.3 is 10.8 Å². The molecular weight excluding hydrogens is 302 g/mol. The van der Waals surface area contributed by atoms with E-state index in [1.807, 2.05) is 12.1 Å². The molecule has 0 bridgehead atoms. The van der Waals surface area contributed by atoms with E-state index in [9.17, 15) is 5.11 Å². The van der Waals surface area contributed by atoms with E-state index in [0.717, 1.165) is 22.9 Å². The van der Waals surface area contributed by atoms with Crippen LogP contribution >= 0.6 is 15.9 Å². The van der Waals surface area contributed by atoms with Crippen molar-refractivity contribution in [2.75, 3.05) is 6.54 Å². The zero-order chi connectivity index (χ0) is 13.9. The molecule has 1 unspecified atom stereocenters. The molecule has 0 heterocycles. The highest BCUT2D eigenvalue weighted by molar-refractivity contribution is 9.10. The summed E-state index contributed by atoms with van der Waals surface area (Å²) in [6, 6.07) is 6.14. The molecule has 106 valence electrons. The molecule has 1 aromatic rings. The predicted molar refractivity (Wildman–Crippen MR) is 83.0 cm³/mol. The molecule has 19 heavy (non-hydrogen) atoms. The van der Waals surface area contributed by atoms with Crippen molar-refractivity contribution >= 4 is 15.9 Å². The summed E-state index contributed by atoms with van der Waals surface area (Å²) in [5.41, 5.74) is 8.09. The molecule has 1 aliphatic rings. The van der Waals surface area contributed by atoms with E-state index in [1.165, 1.54) is 31.2 Å². The van der Waals surface area contributed by atoms with Gasteiger partial charge in [-0.3, -0.25) is 0 Å². The molecule has 2 rings (SSSR count). The number of aliphatic hydroxyl groups excluding tert-OH is 1. The fourth-order valence-corrected chi connectivity index (χ4v) is 3.55. The van der Waals surface area contributed by atoms with Crippen LogP contribution in [0.4, 0.5) is 0 Å². The van der Waals surface area contributed by atoms with Gasteiger partial charge in [0.05, 0.1) is 6.10 Å². The lowest BCUT2D eigenvalue weighted by Gasteiger charge is -2.37. The second kappa shape index (κ2) is 6.38. The molecule has 1 fully saturated rings. The SMILES string of the molecule is Cc1ccc(C(O)C2(CN)CCCCCC2)cc1Br. The molecule has 3 N–H and O–H groups in total. The van der Waals surface area contributed by atoms with Crippen molar-refractivity contribution in [3.63, 3.8) is 0 Å². The predicted octanol–water partition coefficient (Wildman–Crippen LogP) is 4.09. The molecule has 1 aliphatic carbocycles. The summed E-state index contributed by atoms with van der Waals surface area (Å²) in [5, 5.41) is 10.8. The Labute approximate surface area is 124 Å². The Morgan fingerprint density at radius 1 is 1.26 bits per heavy atom. The van der Waals surface area contributed by atoms with E-state index in [4.69, 9.17) is 5.73 Å². The lowest BCUT2D eigenvalue weighted by molar-refractivity contribution is 0.0166. The molecule has 1 atom stereocenters. The highest BCUT2D eigenvalue weighted by Gasteiger charge is 2.37. The lowest BCUT2D eigenvalue weighted by Crippen LogP contribution is -2.36. The largest absolute Gasteiger partial charge is 0.388 e. The van der Waals surface area contributed by atoms with Crippen molar-refractivity contribution in [3.8, 4) is 0 Å². The third-order valence-corrected chi connectivity index (χ3v) is 5.45. The van der Waals surface area contributed by atoms with E-state index < -0.39 is 6.10 Å².